The number of hydrazone groups is 1. The SMILES string of the molecule is O=C(CCC(=O)Nc1cccc(Cl)c1)N/N=C/c1c(O)ccc2ccccc12. The number of carbonyl (C=O) groups excluding carboxylic acids is 2. The second-order valence-corrected chi connectivity index (χ2v) is 6.51. The number of benzene rings is 3. The predicted octanol–water partition coefficient (Wildman–Crippen LogP) is 4.07. The smallest absolute Gasteiger partial charge is 0.240 e. The molecule has 28 heavy (non-hydrogen) atoms. The Morgan fingerprint density at radius 2 is 1.79 bits per heavy atom. The van der Waals surface area contributed by atoms with E-state index in [2.05, 4.69) is 15.8 Å². The Morgan fingerprint density at radius 3 is 2.61 bits per heavy atom. The van der Waals surface area contributed by atoms with Crippen molar-refractivity contribution < 1.29 is 14.7 Å². The summed E-state index contributed by atoms with van der Waals surface area (Å²) in [6.45, 7) is 0. The number of amides is 2. The molecule has 0 spiro atoms. The van der Waals surface area contributed by atoms with Gasteiger partial charge in [0.05, 0.1) is 6.21 Å². The molecule has 0 radical (unpaired) electrons. The standard InChI is InChI=1S/C21H18ClN3O3/c22-15-5-3-6-16(12-15)24-20(27)10-11-21(28)25-23-13-18-17-7-2-1-4-14(17)8-9-19(18)26/h1-9,12-13,26H,10-11H2,(H,24,27)(H,25,28)/b23-13+. The van der Waals surface area contributed by atoms with Gasteiger partial charge >= 0.3 is 0 Å². The number of nitrogens with one attached hydrogen (secondary N) is 2. The molecule has 0 aliphatic carbocycles. The summed E-state index contributed by atoms with van der Waals surface area (Å²) in [5.41, 5.74) is 3.45. The summed E-state index contributed by atoms with van der Waals surface area (Å²) >= 11 is 5.86. The zero-order valence-corrected chi connectivity index (χ0v) is 15.6. The molecule has 0 atom stereocenters. The highest BCUT2D eigenvalue weighted by Crippen LogP contribution is 2.25. The van der Waals surface area contributed by atoms with Crippen LogP contribution in [-0.2, 0) is 9.59 Å². The molecule has 0 bridgehead atoms. The topological polar surface area (TPSA) is 90.8 Å². The number of halogens is 1. The molecule has 2 amide bonds. The van der Waals surface area contributed by atoms with Crippen molar-refractivity contribution >= 4 is 46.1 Å². The first-order valence-corrected chi connectivity index (χ1v) is 8.99. The summed E-state index contributed by atoms with van der Waals surface area (Å²) in [5.74, 6) is -0.636. The molecule has 3 N–H and O–H groups in total. The number of nitrogens with zero attached hydrogens (tertiary/aromatic N) is 1. The highest BCUT2D eigenvalue weighted by Gasteiger charge is 2.08. The van der Waals surface area contributed by atoms with Crippen molar-refractivity contribution in [1.29, 1.82) is 0 Å². The van der Waals surface area contributed by atoms with Crippen LogP contribution in [0.2, 0.25) is 5.02 Å². The van der Waals surface area contributed by atoms with Crippen molar-refractivity contribution in [2.75, 3.05) is 5.32 Å². The molecule has 142 valence electrons. The van der Waals surface area contributed by atoms with Crippen molar-refractivity contribution in [3.05, 3.63) is 71.2 Å². The highest BCUT2D eigenvalue weighted by atomic mass is 35.5. The first kappa shape index (κ1) is 19.4. The number of anilines is 1. The van der Waals surface area contributed by atoms with Gasteiger partial charge in [-0.1, -0.05) is 48.0 Å². The molecule has 0 heterocycles. The monoisotopic (exact) mass is 395 g/mol. The van der Waals surface area contributed by atoms with E-state index >= 15 is 0 Å². The van der Waals surface area contributed by atoms with Crippen molar-refractivity contribution in [1.82, 2.24) is 5.43 Å². The van der Waals surface area contributed by atoms with Crippen molar-refractivity contribution in [2.45, 2.75) is 12.8 Å². The van der Waals surface area contributed by atoms with Crippen LogP contribution in [0.25, 0.3) is 10.8 Å². The molecular formula is C21H18ClN3O3. The van der Waals surface area contributed by atoms with Gasteiger partial charge in [0.2, 0.25) is 11.8 Å². The Bertz CT molecular complexity index is 1050. The van der Waals surface area contributed by atoms with Gasteiger partial charge in [0, 0.05) is 29.1 Å². The lowest BCUT2D eigenvalue weighted by atomic mass is 10.0. The lowest BCUT2D eigenvalue weighted by molar-refractivity contribution is -0.124. The van der Waals surface area contributed by atoms with Crippen LogP contribution in [0.3, 0.4) is 0 Å². The predicted molar refractivity (Wildman–Crippen MR) is 111 cm³/mol. The van der Waals surface area contributed by atoms with Crippen LogP contribution in [-0.4, -0.2) is 23.1 Å². The van der Waals surface area contributed by atoms with Crippen molar-refractivity contribution in [2.24, 2.45) is 5.10 Å². The van der Waals surface area contributed by atoms with Gasteiger partial charge in [-0.15, -0.1) is 0 Å². The fraction of sp³-hybridized carbons (Fsp3) is 0.0952. The molecule has 6 nitrogen and oxygen atoms in total. The molecule has 3 rings (SSSR count). The minimum Gasteiger partial charge on any atom is -0.507 e. The second-order valence-electron chi connectivity index (χ2n) is 6.07. The summed E-state index contributed by atoms with van der Waals surface area (Å²) < 4.78 is 0. The maximum absolute atomic E-state index is 11.9. The number of phenolic OH excluding ortho intramolecular Hbond substituents is 1. The summed E-state index contributed by atoms with van der Waals surface area (Å²) in [7, 11) is 0. The van der Waals surface area contributed by atoms with E-state index in [4.69, 9.17) is 11.6 Å². The average Bonchev–Trinajstić information content (AvgIpc) is 2.68. The quantitative estimate of drug-likeness (QED) is 0.434. The van der Waals surface area contributed by atoms with E-state index in [1.54, 1.807) is 36.4 Å². The Hall–Kier alpha value is -3.38. The average molecular weight is 396 g/mol. The fourth-order valence-electron chi connectivity index (χ4n) is 2.66. The molecule has 7 heteroatoms. The summed E-state index contributed by atoms with van der Waals surface area (Å²) in [4.78, 5) is 23.8. The van der Waals surface area contributed by atoms with Crippen LogP contribution >= 0.6 is 11.6 Å². The second kappa shape index (κ2) is 9.01. The third kappa shape index (κ3) is 5.08. The van der Waals surface area contributed by atoms with Gasteiger partial charge in [-0.25, -0.2) is 5.43 Å². The largest absolute Gasteiger partial charge is 0.507 e. The Labute approximate surface area is 166 Å². The molecule has 0 unspecified atom stereocenters. The summed E-state index contributed by atoms with van der Waals surface area (Å²) in [5, 5.41) is 18.9. The number of rotatable bonds is 6. The van der Waals surface area contributed by atoms with Gasteiger partial charge in [0.25, 0.3) is 0 Å². The normalized spacial score (nSPS) is 10.9. The van der Waals surface area contributed by atoms with Gasteiger partial charge in [-0.3, -0.25) is 9.59 Å². The lowest BCUT2D eigenvalue weighted by Gasteiger charge is -2.06. The van der Waals surface area contributed by atoms with Crippen LogP contribution in [0.15, 0.2) is 65.8 Å². The maximum atomic E-state index is 11.9. The Kier molecular flexibility index (Phi) is 6.24. The molecule has 0 aromatic heterocycles. The number of aromatic hydroxyl groups is 1. The third-order valence-corrected chi connectivity index (χ3v) is 4.25. The summed E-state index contributed by atoms with van der Waals surface area (Å²) in [6.07, 6.45) is 1.38. The van der Waals surface area contributed by atoms with Crippen LogP contribution < -0.4 is 10.7 Å². The van der Waals surface area contributed by atoms with E-state index < -0.39 is 5.91 Å². The van der Waals surface area contributed by atoms with Crippen LogP contribution in [0, 0.1) is 0 Å². The van der Waals surface area contributed by atoms with Crippen LogP contribution in [0.4, 0.5) is 5.69 Å². The number of carbonyl (C=O) groups is 2. The fourth-order valence-corrected chi connectivity index (χ4v) is 2.85. The number of hydrogen-bond donors (Lipinski definition) is 3. The maximum Gasteiger partial charge on any atom is 0.240 e. The van der Waals surface area contributed by atoms with Crippen molar-refractivity contribution in [3.8, 4) is 5.75 Å². The minimum absolute atomic E-state index is 0.00733. The Morgan fingerprint density at radius 1 is 1.00 bits per heavy atom. The first-order valence-electron chi connectivity index (χ1n) is 8.61. The minimum atomic E-state index is -0.405. The molecule has 3 aromatic carbocycles. The zero-order valence-electron chi connectivity index (χ0n) is 14.9. The van der Waals surface area contributed by atoms with Gasteiger partial charge in [0.15, 0.2) is 0 Å². The van der Waals surface area contributed by atoms with Gasteiger partial charge in [-0.2, -0.15) is 5.10 Å². The Balaban J connectivity index is 1.53. The molecule has 0 saturated carbocycles. The van der Waals surface area contributed by atoms with Gasteiger partial charge in [-0.05, 0) is 35.0 Å². The summed E-state index contributed by atoms with van der Waals surface area (Å²) in [6, 6.07) is 17.7. The zero-order chi connectivity index (χ0) is 19.9. The third-order valence-electron chi connectivity index (χ3n) is 4.02. The first-order chi connectivity index (χ1) is 13.5. The van der Waals surface area contributed by atoms with E-state index in [-0.39, 0.29) is 24.5 Å². The van der Waals surface area contributed by atoms with Crippen molar-refractivity contribution in [3.63, 3.8) is 0 Å². The molecular weight excluding hydrogens is 378 g/mol. The molecule has 0 aliphatic rings. The molecule has 3 aromatic rings. The van der Waals surface area contributed by atoms with E-state index in [0.29, 0.717) is 16.3 Å². The van der Waals surface area contributed by atoms with E-state index in [1.807, 2.05) is 24.3 Å². The highest BCUT2D eigenvalue weighted by molar-refractivity contribution is 6.30. The molecule has 0 fully saturated rings. The van der Waals surface area contributed by atoms with E-state index in [1.165, 1.54) is 6.21 Å². The number of hydrogen-bond acceptors (Lipinski definition) is 4. The van der Waals surface area contributed by atoms with Gasteiger partial charge < -0.3 is 10.4 Å². The van der Waals surface area contributed by atoms with Crippen LogP contribution in [0.5, 0.6) is 5.75 Å². The molecule has 0 saturated heterocycles. The number of phenols is 1. The number of fused-ring (bicyclic) bond motifs is 1. The lowest BCUT2D eigenvalue weighted by Crippen LogP contribution is -2.20. The van der Waals surface area contributed by atoms with Crippen LogP contribution in [0.1, 0.15) is 18.4 Å². The van der Waals surface area contributed by atoms with E-state index in [0.717, 1.165) is 10.8 Å². The molecule has 0 aliphatic heterocycles. The van der Waals surface area contributed by atoms with Gasteiger partial charge in [0.1, 0.15) is 5.75 Å². The van der Waals surface area contributed by atoms with E-state index in [9.17, 15) is 14.7 Å².